The van der Waals surface area contributed by atoms with E-state index in [-0.39, 0.29) is 0 Å². The van der Waals surface area contributed by atoms with Gasteiger partial charge in [0.05, 0.1) is 10.7 Å². The van der Waals surface area contributed by atoms with Crippen molar-refractivity contribution in [3.05, 3.63) is 40.7 Å². The number of anilines is 3. The molecule has 0 unspecified atom stereocenters. The fourth-order valence-corrected chi connectivity index (χ4v) is 1.75. The average molecular weight is 264 g/mol. The van der Waals surface area contributed by atoms with Crippen LogP contribution >= 0.6 is 11.6 Å². The van der Waals surface area contributed by atoms with E-state index in [2.05, 4.69) is 20.7 Å². The highest BCUT2D eigenvalue weighted by Gasteiger charge is 2.08. The second-order valence-electron chi connectivity index (χ2n) is 3.95. The van der Waals surface area contributed by atoms with Crippen molar-refractivity contribution < 1.29 is 0 Å². The van der Waals surface area contributed by atoms with Gasteiger partial charge in [-0.2, -0.15) is 0 Å². The molecule has 1 heterocycles. The summed E-state index contributed by atoms with van der Waals surface area (Å²) in [6.45, 7) is 3.88. The molecular formula is C12H14ClN5. The van der Waals surface area contributed by atoms with Crippen LogP contribution in [0.25, 0.3) is 0 Å². The van der Waals surface area contributed by atoms with Crippen molar-refractivity contribution in [2.24, 2.45) is 5.84 Å². The standard InChI is InChI=1S/C12H14ClN5/c1-7-3-4-9(13)10(5-7)17-11-8(2)12(18-14)16-6-15-11/h3-6H,14H2,1-2H3,(H2,15,16,17,18). The zero-order valence-corrected chi connectivity index (χ0v) is 10.9. The summed E-state index contributed by atoms with van der Waals surface area (Å²) >= 11 is 6.13. The zero-order valence-electron chi connectivity index (χ0n) is 10.2. The maximum Gasteiger partial charge on any atom is 0.148 e. The lowest BCUT2D eigenvalue weighted by molar-refractivity contribution is 1.10. The van der Waals surface area contributed by atoms with E-state index < -0.39 is 0 Å². The fourth-order valence-electron chi connectivity index (χ4n) is 1.58. The van der Waals surface area contributed by atoms with E-state index in [0.717, 1.165) is 16.8 Å². The minimum atomic E-state index is 0.580. The lowest BCUT2D eigenvalue weighted by Crippen LogP contribution is -2.11. The topological polar surface area (TPSA) is 75.9 Å². The van der Waals surface area contributed by atoms with Gasteiger partial charge >= 0.3 is 0 Å². The van der Waals surface area contributed by atoms with Gasteiger partial charge in [0.1, 0.15) is 18.0 Å². The maximum atomic E-state index is 6.13. The number of rotatable bonds is 3. The Morgan fingerprint density at radius 2 is 1.89 bits per heavy atom. The summed E-state index contributed by atoms with van der Waals surface area (Å²) in [5, 5.41) is 3.82. The zero-order chi connectivity index (χ0) is 13.1. The second-order valence-corrected chi connectivity index (χ2v) is 4.36. The van der Waals surface area contributed by atoms with Gasteiger partial charge in [-0.3, -0.25) is 0 Å². The summed E-state index contributed by atoms with van der Waals surface area (Å²) in [7, 11) is 0. The molecular weight excluding hydrogens is 250 g/mol. The first-order valence-electron chi connectivity index (χ1n) is 5.43. The fraction of sp³-hybridized carbons (Fsp3) is 0.167. The molecule has 0 aliphatic rings. The summed E-state index contributed by atoms with van der Waals surface area (Å²) in [5.41, 5.74) is 5.28. The number of hydrazine groups is 1. The normalized spacial score (nSPS) is 10.2. The van der Waals surface area contributed by atoms with Gasteiger partial charge in [-0.05, 0) is 31.5 Å². The summed E-state index contributed by atoms with van der Waals surface area (Å²) in [4.78, 5) is 8.20. The molecule has 0 aliphatic carbocycles. The lowest BCUT2D eigenvalue weighted by atomic mass is 10.2. The number of hydrogen-bond donors (Lipinski definition) is 3. The SMILES string of the molecule is Cc1ccc(Cl)c(Nc2ncnc(NN)c2C)c1. The van der Waals surface area contributed by atoms with Crippen LogP contribution in [0.3, 0.4) is 0 Å². The van der Waals surface area contributed by atoms with E-state index in [9.17, 15) is 0 Å². The van der Waals surface area contributed by atoms with Crippen molar-refractivity contribution in [1.29, 1.82) is 0 Å². The van der Waals surface area contributed by atoms with Crippen LogP contribution in [-0.4, -0.2) is 9.97 Å². The number of aromatic nitrogens is 2. The molecule has 0 saturated heterocycles. The quantitative estimate of drug-likeness (QED) is 0.586. The van der Waals surface area contributed by atoms with Crippen LogP contribution in [0.5, 0.6) is 0 Å². The number of aryl methyl sites for hydroxylation is 1. The Hall–Kier alpha value is -1.85. The van der Waals surface area contributed by atoms with Crippen molar-refractivity contribution in [2.45, 2.75) is 13.8 Å². The number of hydrogen-bond acceptors (Lipinski definition) is 5. The predicted octanol–water partition coefficient (Wildman–Crippen LogP) is 2.78. The molecule has 94 valence electrons. The van der Waals surface area contributed by atoms with Gasteiger partial charge in [0.25, 0.3) is 0 Å². The smallest absolute Gasteiger partial charge is 0.148 e. The molecule has 0 bridgehead atoms. The predicted molar refractivity (Wildman–Crippen MR) is 74.1 cm³/mol. The van der Waals surface area contributed by atoms with Crippen LogP contribution in [0.2, 0.25) is 5.02 Å². The van der Waals surface area contributed by atoms with Gasteiger partial charge in [0.2, 0.25) is 0 Å². The Morgan fingerprint density at radius 1 is 1.17 bits per heavy atom. The molecule has 0 saturated carbocycles. The molecule has 0 fully saturated rings. The first-order chi connectivity index (χ1) is 8.61. The van der Waals surface area contributed by atoms with Gasteiger partial charge < -0.3 is 10.7 Å². The minimum absolute atomic E-state index is 0.580. The maximum absolute atomic E-state index is 6.13. The third-order valence-electron chi connectivity index (χ3n) is 2.60. The third kappa shape index (κ3) is 2.52. The highest BCUT2D eigenvalue weighted by molar-refractivity contribution is 6.33. The molecule has 2 rings (SSSR count). The summed E-state index contributed by atoms with van der Waals surface area (Å²) in [6, 6.07) is 5.75. The van der Waals surface area contributed by atoms with Crippen LogP contribution in [0, 0.1) is 13.8 Å². The van der Waals surface area contributed by atoms with E-state index in [4.69, 9.17) is 17.4 Å². The molecule has 0 aliphatic heterocycles. The number of nitrogens with zero attached hydrogens (tertiary/aromatic N) is 2. The Morgan fingerprint density at radius 3 is 2.61 bits per heavy atom. The molecule has 2 aromatic rings. The van der Waals surface area contributed by atoms with Crippen LogP contribution in [0.15, 0.2) is 24.5 Å². The Bertz CT molecular complexity index is 570. The Labute approximate surface area is 110 Å². The molecule has 0 radical (unpaired) electrons. The first kappa shape index (κ1) is 12.6. The highest BCUT2D eigenvalue weighted by atomic mass is 35.5. The molecule has 0 spiro atoms. The van der Waals surface area contributed by atoms with Crippen molar-refractivity contribution in [3.63, 3.8) is 0 Å². The first-order valence-corrected chi connectivity index (χ1v) is 5.81. The monoisotopic (exact) mass is 263 g/mol. The second kappa shape index (κ2) is 5.20. The lowest BCUT2D eigenvalue weighted by Gasteiger charge is -2.12. The van der Waals surface area contributed by atoms with Gasteiger partial charge in [-0.1, -0.05) is 17.7 Å². The van der Waals surface area contributed by atoms with Crippen molar-refractivity contribution in [3.8, 4) is 0 Å². The average Bonchev–Trinajstić information content (AvgIpc) is 2.36. The van der Waals surface area contributed by atoms with E-state index in [1.165, 1.54) is 6.33 Å². The van der Waals surface area contributed by atoms with E-state index in [1.54, 1.807) is 0 Å². The van der Waals surface area contributed by atoms with Crippen LogP contribution in [0.4, 0.5) is 17.3 Å². The molecule has 6 heteroatoms. The highest BCUT2D eigenvalue weighted by Crippen LogP contribution is 2.28. The van der Waals surface area contributed by atoms with Crippen LogP contribution < -0.4 is 16.6 Å². The third-order valence-corrected chi connectivity index (χ3v) is 2.93. The number of nitrogens with one attached hydrogen (secondary N) is 2. The molecule has 5 nitrogen and oxygen atoms in total. The van der Waals surface area contributed by atoms with E-state index in [1.807, 2.05) is 32.0 Å². The van der Waals surface area contributed by atoms with Crippen molar-refractivity contribution >= 4 is 28.9 Å². The van der Waals surface area contributed by atoms with Crippen LogP contribution in [-0.2, 0) is 0 Å². The van der Waals surface area contributed by atoms with Crippen LogP contribution in [0.1, 0.15) is 11.1 Å². The minimum Gasteiger partial charge on any atom is -0.339 e. The molecule has 18 heavy (non-hydrogen) atoms. The number of halogens is 1. The Balaban J connectivity index is 2.37. The van der Waals surface area contributed by atoms with Crippen molar-refractivity contribution in [2.75, 3.05) is 10.7 Å². The summed E-state index contributed by atoms with van der Waals surface area (Å²) in [5.74, 6) is 6.62. The molecule has 4 N–H and O–H groups in total. The van der Waals surface area contributed by atoms with Gasteiger partial charge in [-0.25, -0.2) is 15.8 Å². The molecule has 0 amide bonds. The summed E-state index contributed by atoms with van der Waals surface area (Å²) < 4.78 is 0. The number of nitrogen functional groups attached to an aromatic ring is 1. The van der Waals surface area contributed by atoms with E-state index in [0.29, 0.717) is 16.7 Å². The summed E-state index contributed by atoms with van der Waals surface area (Å²) in [6.07, 6.45) is 1.44. The molecule has 1 aromatic heterocycles. The van der Waals surface area contributed by atoms with Gasteiger partial charge in [0, 0.05) is 5.56 Å². The largest absolute Gasteiger partial charge is 0.339 e. The van der Waals surface area contributed by atoms with E-state index >= 15 is 0 Å². The van der Waals surface area contributed by atoms with Crippen molar-refractivity contribution in [1.82, 2.24) is 9.97 Å². The Kier molecular flexibility index (Phi) is 3.64. The number of nitrogens with two attached hydrogens (primary N) is 1. The molecule has 1 aromatic carbocycles. The number of benzene rings is 1. The molecule has 0 atom stereocenters. The van der Waals surface area contributed by atoms with Gasteiger partial charge in [0.15, 0.2) is 0 Å². The van der Waals surface area contributed by atoms with Gasteiger partial charge in [-0.15, -0.1) is 0 Å².